The number of nitrogens with zero attached hydrogens (tertiary/aromatic N) is 2. The summed E-state index contributed by atoms with van der Waals surface area (Å²) < 4.78 is 27.1. The van der Waals surface area contributed by atoms with Gasteiger partial charge in [0.05, 0.1) is 11.7 Å². The summed E-state index contributed by atoms with van der Waals surface area (Å²) in [6, 6.07) is 0. The van der Waals surface area contributed by atoms with Crippen LogP contribution in [0, 0.1) is 12.3 Å². The molecule has 0 aliphatic heterocycles. The van der Waals surface area contributed by atoms with Crippen LogP contribution < -0.4 is 4.72 Å². The third kappa shape index (κ3) is 3.58. The summed E-state index contributed by atoms with van der Waals surface area (Å²) in [5, 5.41) is 12.2. The Morgan fingerprint density at radius 1 is 1.67 bits per heavy atom. The molecule has 2 N–H and O–H groups in total. The minimum absolute atomic E-state index is 0.132. The molecule has 0 saturated carbocycles. The van der Waals surface area contributed by atoms with E-state index in [0.29, 0.717) is 0 Å². The van der Waals surface area contributed by atoms with Gasteiger partial charge in [0.25, 0.3) is 0 Å². The van der Waals surface area contributed by atoms with Crippen molar-refractivity contribution in [1.29, 1.82) is 0 Å². The third-order valence-electron chi connectivity index (χ3n) is 1.97. The van der Waals surface area contributed by atoms with Gasteiger partial charge in [0.2, 0.25) is 10.0 Å². The normalized spacial score (nSPS) is 12.1. The lowest BCUT2D eigenvalue weighted by Crippen LogP contribution is -2.41. The first-order valence-corrected chi connectivity index (χ1v) is 6.40. The Kier molecular flexibility index (Phi) is 3.79. The summed E-state index contributed by atoms with van der Waals surface area (Å²) in [6.07, 6.45) is 7.38. The largest absolute Gasteiger partial charge is 0.480 e. The van der Waals surface area contributed by atoms with Gasteiger partial charge in [-0.05, 0) is 13.8 Å². The number of sulfonamides is 1. The number of aliphatic carboxylic acids is 1. The van der Waals surface area contributed by atoms with E-state index in [-0.39, 0.29) is 4.90 Å². The number of nitrogens with one attached hydrogen (secondary N) is 1. The van der Waals surface area contributed by atoms with E-state index < -0.39 is 28.1 Å². The standard InChI is InChI=1S/C10H13N3O4S/c1-4-10(2,3)12-18(16,17)8-5-11-13(6-8)7-9(14)15/h1,5-6,12H,7H2,2-3H3,(H,14,15). The van der Waals surface area contributed by atoms with Gasteiger partial charge in [-0.3, -0.25) is 9.48 Å². The Bertz CT molecular complexity index is 595. The fraction of sp³-hybridized carbons (Fsp3) is 0.400. The number of rotatable bonds is 5. The van der Waals surface area contributed by atoms with Crippen LogP contribution in [0.5, 0.6) is 0 Å². The Morgan fingerprint density at radius 2 is 2.28 bits per heavy atom. The van der Waals surface area contributed by atoms with Gasteiger partial charge in [0, 0.05) is 6.20 Å². The molecule has 0 bridgehead atoms. The van der Waals surface area contributed by atoms with Crippen LogP contribution in [0.1, 0.15) is 13.8 Å². The second kappa shape index (κ2) is 4.80. The lowest BCUT2D eigenvalue weighted by atomic mass is 10.1. The van der Waals surface area contributed by atoms with E-state index in [1.165, 1.54) is 13.8 Å². The monoisotopic (exact) mass is 271 g/mol. The number of hydrogen-bond donors (Lipinski definition) is 2. The average molecular weight is 271 g/mol. The van der Waals surface area contributed by atoms with Crippen LogP contribution in [0.15, 0.2) is 17.3 Å². The van der Waals surface area contributed by atoms with E-state index in [9.17, 15) is 13.2 Å². The molecule has 1 aromatic heterocycles. The van der Waals surface area contributed by atoms with Crippen molar-refractivity contribution < 1.29 is 18.3 Å². The number of carboxylic acids is 1. The lowest BCUT2D eigenvalue weighted by Gasteiger charge is -2.18. The van der Waals surface area contributed by atoms with E-state index in [2.05, 4.69) is 15.7 Å². The van der Waals surface area contributed by atoms with Crippen molar-refractivity contribution in [3.05, 3.63) is 12.4 Å². The van der Waals surface area contributed by atoms with Gasteiger partial charge in [-0.1, -0.05) is 5.92 Å². The number of carboxylic acid groups (broad SMARTS) is 1. The molecular formula is C10H13N3O4S. The maximum atomic E-state index is 11.9. The molecule has 0 unspecified atom stereocenters. The maximum absolute atomic E-state index is 11.9. The zero-order valence-electron chi connectivity index (χ0n) is 9.91. The van der Waals surface area contributed by atoms with Crippen molar-refractivity contribution in [3.8, 4) is 12.3 Å². The molecule has 7 nitrogen and oxygen atoms in total. The predicted molar refractivity (Wildman–Crippen MR) is 63.1 cm³/mol. The highest BCUT2D eigenvalue weighted by atomic mass is 32.2. The minimum Gasteiger partial charge on any atom is -0.480 e. The lowest BCUT2D eigenvalue weighted by molar-refractivity contribution is -0.137. The van der Waals surface area contributed by atoms with Crippen molar-refractivity contribution >= 4 is 16.0 Å². The summed E-state index contributed by atoms with van der Waals surface area (Å²) in [5.41, 5.74) is -1.03. The molecule has 0 amide bonds. The summed E-state index contributed by atoms with van der Waals surface area (Å²) in [5.74, 6) is 1.18. The highest BCUT2D eigenvalue weighted by Gasteiger charge is 2.25. The SMILES string of the molecule is C#CC(C)(C)NS(=O)(=O)c1cnn(CC(=O)O)c1. The van der Waals surface area contributed by atoms with E-state index in [4.69, 9.17) is 11.5 Å². The van der Waals surface area contributed by atoms with E-state index in [0.717, 1.165) is 17.1 Å². The molecule has 18 heavy (non-hydrogen) atoms. The van der Waals surface area contributed by atoms with Crippen molar-refractivity contribution in [1.82, 2.24) is 14.5 Å². The molecule has 0 saturated heterocycles. The highest BCUT2D eigenvalue weighted by molar-refractivity contribution is 7.89. The van der Waals surface area contributed by atoms with E-state index in [1.807, 2.05) is 0 Å². The van der Waals surface area contributed by atoms with Crippen molar-refractivity contribution in [2.24, 2.45) is 0 Å². The Morgan fingerprint density at radius 3 is 2.78 bits per heavy atom. The molecule has 0 aliphatic rings. The number of aromatic nitrogens is 2. The quantitative estimate of drug-likeness (QED) is 0.713. The van der Waals surface area contributed by atoms with Crippen LogP contribution in [-0.2, 0) is 21.4 Å². The molecule has 0 aromatic carbocycles. The Hall–Kier alpha value is -1.85. The van der Waals surface area contributed by atoms with Gasteiger partial charge in [-0.15, -0.1) is 6.42 Å². The Balaban J connectivity index is 2.97. The molecule has 1 rings (SSSR count). The summed E-state index contributed by atoms with van der Waals surface area (Å²) >= 11 is 0. The van der Waals surface area contributed by atoms with Gasteiger partial charge >= 0.3 is 5.97 Å². The van der Waals surface area contributed by atoms with Crippen LogP contribution in [0.3, 0.4) is 0 Å². The molecule has 0 radical (unpaired) electrons. The zero-order chi connectivity index (χ0) is 14.0. The fourth-order valence-corrected chi connectivity index (χ4v) is 2.43. The summed E-state index contributed by atoms with van der Waals surface area (Å²) in [7, 11) is -3.81. The van der Waals surface area contributed by atoms with Crippen molar-refractivity contribution in [2.75, 3.05) is 0 Å². The molecule has 0 spiro atoms. The molecule has 98 valence electrons. The Labute approximate surface area is 105 Å². The first kappa shape index (κ1) is 14.2. The van der Waals surface area contributed by atoms with Gasteiger partial charge in [-0.2, -0.15) is 9.82 Å². The van der Waals surface area contributed by atoms with Crippen LogP contribution in [0.4, 0.5) is 0 Å². The summed E-state index contributed by atoms with van der Waals surface area (Å²) in [4.78, 5) is 10.3. The third-order valence-corrected chi connectivity index (χ3v) is 3.58. The molecule has 1 aromatic rings. The van der Waals surface area contributed by atoms with Gasteiger partial charge in [-0.25, -0.2) is 8.42 Å². The highest BCUT2D eigenvalue weighted by Crippen LogP contribution is 2.11. The van der Waals surface area contributed by atoms with Crippen molar-refractivity contribution in [2.45, 2.75) is 30.8 Å². The number of carbonyl (C=O) groups is 1. The second-order valence-electron chi connectivity index (χ2n) is 4.14. The van der Waals surface area contributed by atoms with E-state index in [1.54, 1.807) is 0 Å². The van der Waals surface area contributed by atoms with Crippen LogP contribution in [0.25, 0.3) is 0 Å². The van der Waals surface area contributed by atoms with Crippen LogP contribution >= 0.6 is 0 Å². The summed E-state index contributed by atoms with van der Waals surface area (Å²) in [6.45, 7) is 2.66. The minimum atomic E-state index is -3.81. The molecule has 0 atom stereocenters. The molecule has 0 fully saturated rings. The molecule has 1 heterocycles. The predicted octanol–water partition coefficient (Wildman–Crippen LogP) is -0.342. The first-order valence-electron chi connectivity index (χ1n) is 4.92. The topological polar surface area (TPSA) is 101 Å². The smallest absolute Gasteiger partial charge is 0.325 e. The zero-order valence-corrected chi connectivity index (χ0v) is 10.7. The van der Waals surface area contributed by atoms with Gasteiger partial charge in [0.1, 0.15) is 11.4 Å². The van der Waals surface area contributed by atoms with Gasteiger partial charge < -0.3 is 5.11 Å². The average Bonchev–Trinajstić information content (AvgIpc) is 2.64. The fourth-order valence-electron chi connectivity index (χ4n) is 1.13. The number of hydrogen-bond acceptors (Lipinski definition) is 4. The first-order chi connectivity index (χ1) is 8.16. The van der Waals surface area contributed by atoms with Crippen LogP contribution in [-0.4, -0.2) is 34.8 Å². The molecule has 0 aliphatic carbocycles. The van der Waals surface area contributed by atoms with E-state index >= 15 is 0 Å². The van der Waals surface area contributed by atoms with Crippen molar-refractivity contribution in [3.63, 3.8) is 0 Å². The molecular weight excluding hydrogens is 258 g/mol. The second-order valence-corrected chi connectivity index (χ2v) is 5.82. The van der Waals surface area contributed by atoms with Crippen LogP contribution in [0.2, 0.25) is 0 Å². The maximum Gasteiger partial charge on any atom is 0.325 e. The molecule has 8 heteroatoms. The van der Waals surface area contributed by atoms with Gasteiger partial charge in [0.15, 0.2) is 0 Å². The number of terminal acetylenes is 1.